The Balaban J connectivity index is 1.84. The number of ether oxygens (including phenoxy) is 3. The largest absolute Gasteiger partial charge is 0.493 e. The molecule has 0 radical (unpaired) electrons. The normalized spacial score (nSPS) is 15.8. The smallest absolute Gasteiger partial charge is 0.328 e. The van der Waals surface area contributed by atoms with Gasteiger partial charge in [0, 0.05) is 0 Å². The van der Waals surface area contributed by atoms with Crippen LogP contribution in [0.1, 0.15) is 23.6 Å². The maximum absolute atomic E-state index is 12.7. The number of halogens is 1. The second-order valence-corrected chi connectivity index (χ2v) is 9.22. The molecule has 1 atom stereocenters. The number of amides is 2. The lowest BCUT2D eigenvalue weighted by atomic mass is 10.1. The summed E-state index contributed by atoms with van der Waals surface area (Å²) in [6.45, 7) is 3.87. The predicted molar refractivity (Wildman–Crippen MR) is 131 cm³/mol. The van der Waals surface area contributed by atoms with E-state index >= 15 is 0 Å². The molecule has 0 aromatic heterocycles. The Kier molecular flexibility index (Phi) is 7.83. The zero-order valence-corrected chi connectivity index (χ0v) is 21.0. The van der Waals surface area contributed by atoms with Crippen LogP contribution < -0.4 is 9.47 Å². The maximum atomic E-state index is 12.7. The third-order valence-electron chi connectivity index (χ3n) is 4.77. The summed E-state index contributed by atoms with van der Waals surface area (Å²) in [6, 6.07) is 10.6. The number of carbonyl (C=O) groups is 3. The molecule has 168 valence electrons. The molecule has 0 N–H and O–H groups in total. The molecule has 2 aromatic rings. The van der Waals surface area contributed by atoms with Crippen molar-refractivity contribution in [3.8, 4) is 11.5 Å². The number of esters is 1. The van der Waals surface area contributed by atoms with Crippen molar-refractivity contribution in [1.82, 2.24) is 4.90 Å². The fourth-order valence-electron chi connectivity index (χ4n) is 3.16. The van der Waals surface area contributed by atoms with E-state index in [0.29, 0.717) is 23.7 Å². The van der Waals surface area contributed by atoms with Crippen LogP contribution >= 0.6 is 34.4 Å². The first-order chi connectivity index (χ1) is 15.2. The Labute approximate surface area is 204 Å². The average molecular weight is 567 g/mol. The first-order valence-electron chi connectivity index (χ1n) is 9.66. The Morgan fingerprint density at radius 2 is 1.97 bits per heavy atom. The Bertz CT molecular complexity index is 1100. The molecule has 2 aromatic carbocycles. The van der Waals surface area contributed by atoms with E-state index < -0.39 is 23.2 Å². The van der Waals surface area contributed by atoms with Gasteiger partial charge in [0.25, 0.3) is 11.1 Å². The summed E-state index contributed by atoms with van der Waals surface area (Å²) in [5, 5.41) is -0.515. The molecule has 1 aliphatic rings. The van der Waals surface area contributed by atoms with Crippen molar-refractivity contribution in [3.63, 3.8) is 0 Å². The third kappa shape index (κ3) is 5.26. The molecule has 1 heterocycles. The van der Waals surface area contributed by atoms with E-state index in [1.54, 1.807) is 19.3 Å². The van der Waals surface area contributed by atoms with E-state index in [1.807, 2.05) is 31.2 Å². The van der Waals surface area contributed by atoms with Crippen molar-refractivity contribution in [2.75, 3.05) is 14.2 Å². The van der Waals surface area contributed by atoms with Gasteiger partial charge in [0.15, 0.2) is 11.5 Å². The first-order valence-corrected chi connectivity index (χ1v) is 11.6. The lowest BCUT2D eigenvalue weighted by Crippen LogP contribution is -2.42. The average Bonchev–Trinajstić information content (AvgIpc) is 3.04. The lowest BCUT2D eigenvalue weighted by Gasteiger charge is -2.18. The van der Waals surface area contributed by atoms with E-state index in [9.17, 15) is 14.4 Å². The number of hydrogen-bond donors (Lipinski definition) is 0. The molecule has 3 rings (SSSR count). The van der Waals surface area contributed by atoms with Crippen LogP contribution in [0.5, 0.6) is 11.5 Å². The number of benzene rings is 2. The standard InChI is InChI=1S/C23H22INO6S/c1-13-6-5-7-15(8-13)12-31-20-17(24)9-16(10-18(20)29-3)11-19-21(26)25(23(28)32-19)14(2)22(27)30-4/h5-11,14H,12H2,1-4H3/b19-11+/t14-/m1/s1. The van der Waals surface area contributed by atoms with Gasteiger partial charge in [0.05, 0.1) is 22.7 Å². The van der Waals surface area contributed by atoms with Gasteiger partial charge in [-0.25, -0.2) is 4.79 Å². The van der Waals surface area contributed by atoms with E-state index in [4.69, 9.17) is 9.47 Å². The zero-order chi connectivity index (χ0) is 23.4. The van der Waals surface area contributed by atoms with Crippen molar-refractivity contribution < 1.29 is 28.6 Å². The minimum absolute atomic E-state index is 0.219. The molecule has 7 nitrogen and oxygen atoms in total. The molecule has 32 heavy (non-hydrogen) atoms. The molecule has 0 aliphatic carbocycles. The molecule has 2 amide bonds. The molecule has 0 saturated carbocycles. The summed E-state index contributed by atoms with van der Waals surface area (Å²) >= 11 is 2.93. The van der Waals surface area contributed by atoms with Gasteiger partial charge in [-0.3, -0.25) is 14.5 Å². The highest BCUT2D eigenvalue weighted by Gasteiger charge is 2.41. The highest BCUT2D eigenvalue weighted by atomic mass is 127. The van der Waals surface area contributed by atoms with Gasteiger partial charge in [0.2, 0.25) is 0 Å². The number of thioether (sulfide) groups is 1. The van der Waals surface area contributed by atoms with Crippen LogP contribution in [0.15, 0.2) is 41.3 Å². The van der Waals surface area contributed by atoms with Crippen LogP contribution in [-0.4, -0.2) is 42.3 Å². The summed E-state index contributed by atoms with van der Waals surface area (Å²) in [5.41, 5.74) is 2.87. The summed E-state index contributed by atoms with van der Waals surface area (Å²) in [7, 11) is 2.76. The number of methoxy groups -OCH3 is 2. The quantitative estimate of drug-likeness (QED) is 0.271. The molecule has 1 saturated heterocycles. The molecular weight excluding hydrogens is 545 g/mol. The van der Waals surface area contributed by atoms with Crippen LogP contribution in [0, 0.1) is 10.5 Å². The molecule has 0 unspecified atom stereocenters. The fourth-order valence-corrected chi connectivity index (χ4v) is 4.85. The van der Waals surface area contributed by atoms with Crippen molar-refractivity contribution in [1.29, 1.82) is 0 Å². The van der Waals surface area contributed by atoms with Gasteiger partial charge in [-0.05, 0) is 77.5 Å². The number of nitrogens with zero attached hydrogens (tertiary/aromatic N) is 1. The van der Waals surface area contributed by atoms with Crippen LogP contribution in [0.4, 0.5) is 4.79 Å². The monoisotopic (exact) mass is 567 g/mol. The van der Waals surface area contributed by atoms with Crippen LogP contribution in [0.3, 0.4) is 0 Å². The second kappa shape index (κ2) is 10.4. The SMILES string of the molecule is COC(=O)[C@@H](C)N1C(=O)S/C(=C/c2cc(I)c(OCc3cccc(C)c3)c(OC)c2)C1=O. The topological polar surface area (TPSA) is 82.1 Å². The number of rotatable bonds is 7. The molecule has 0 bridgehead atoms. The van der Waals surface area contributed by atoms with Crippen LogP contribution in [0.2, 0.25) is 0 Å². The Hall–Kier alpha value is -2.53. The fraction of sp³-hybridized carbons (Fsp3) is 0.261. The highest BCUT2D eigenvalue weighted by Crippen LogP contribution is 2.38. The van der Waals surface area contributed by atoms with Gasteiger partial charge in [-0.2, -0.15) is 0 Å². The Morgan fingerprint density at radius 1 is 1.22 bits per heavy atom. The second-order valence-electron chi connectivity index (χ2n) is 7.06. The molecular formula is C23H22INO6S. The summed E-state index contributed by atoms with van der Waals surface area (Å²) in [6.07, 6.45) is 1.60. The molecule has 1 fully saturated rings. The van der Waals surface area contributed by atoms with Crippen molar-refractivity contribution in [2.45, 2.75) is 26.5 Å². The molecule has 9 heteroatoms. The van der Waals surface area contributed by atoms with Crippen LogP contribution in [0.25, 0.3) is 6.08 Å². The molecule has 1 aliphatic heterocycles. The first kappa shape index (κ1) is 24.1. The summed E-state index contributed by atoms with van der Waals surface area (Å²) < 4.78 is 17.0. The third-order valence-corrected chi connectivity index (χ3v) is 6.45. The number of aryl methyl sites for hydroxylation is 1. The van der Waals surface area contributed by atoms with Crippen molar-refractivity contribution >= 4 is 57.5 Å². The number of carbonyl (C=O) groups excluding carboxylic acids is 3. The van der Waals surface area contributed by atoms with Gasteiger partial charge in [0.1, 0.15) is 12.6 Å². The lowest BCUT2D eigenvalue weighted by molar-refractivity contribution is -0.148. The maximum Gasteiger partial charge on any atom is 0.328 e. The zero-order valence-electron chi connectivity index (χ0n) is 18.0. The summed E-state index contributed by atoms with van der Waals surface area (Å²) in [5.74, 6) is -0.0799. The minimum Gasteiger partial charge on any atom is -0.493 e. The van der Waals surface area contributed by atoms with Gasteiger partial charge >= 0.3 is 5.97 Å². The van der Waals surface area contributed by atoms with E-state index in [0.717, 1.165) is 31.4 Å². The number of hydrogen-bond acceptors (Lipinski definition) is 7. The molecule has 0 spiro atoms. The number of imide groups is 1. The van der Waals surface area contributed by atoms with Gasteiger partial charge in [-0.15, -0.1) is 0 Å². The highest BCUT2D eigenvalue weighted by molar-refractivity contribution is 14.1. The van der Waals surface area contributed by atoms with Gasteiger partial charge < -0.3 is 14.2 Å². The predicted octanol–water partition coefficient (Wildman–Crippen LogP) is 4.79. The van der Waals surface area contributed by atoms with Gasteiger partial charge in [-0.1, -0.05) is 29.8 Å². The van der Waals surface area contributed by atoms with Crippen molar-refractivity contribution in [3.05, 3.63) is 61.6 Å². The summed E-state index contributed by atoms with van der Waals surface area (Å²) in [4.78, 5) is 37.9. The van der Waals surface area contributed by atoms with E-state index in [1.165, 1.54) is 14.0 Å². The van der Waals surface area contributed by atoms with E-state index in [-0.39, 0.29) is 4.91 Å². The minimum atomic E-state index is -0.995. The van der Waals surface area contributed by atoms with E-state index in [2.05, 4.69) is 33.4 Å². The Morgan fingerprint density at radius 3 is 2.62 bits per heavy atom. The van der Waals surface area contributed by atoms with Crippen LogP contribution in [-0.2, 0) is 20.9 Å². The van der Waals surface area contributed by atoms with Crippen molar-refractivity contribution in [2.24, 2.45) is 0 Å².